The summed E-state index contributed by atoms with van der Waals surface area (Å²) < 4.78 is 0. The first-order chi connectivity index (χ1) is 9.38. The number of pyridine rings is 1. The predicted molar refractivity (Wildman–Crippen MR) is 74.6 cm³/mol. The molecule has 0 aliphatic carbocycles. The Morgan fingerprint density at radius 1 is 1.16 bits per heavy atom. The van der Waals surface area contributed by atoms with E-state index in [0.717, 1.165) is 22.4 Å². The number of rotatable bonds is 3. The van der Waals surface area contributed by atoms with Crippen LogP contribution in [0.15, 0.2) is 48.7 Å². The second-order valence-corrected chi connectivity index (χ2v) is 4.21. The van der Waals surface area contributed by atoms with Gasteiger partial charge in [-0.1, -0.05) is 24.3 Å². The molecule has 4 nitrogen and oxygen atoms in total. The third-order valence-corrected chi connectivity index (χ3v) is 2.99. The van der Waals surface area contributed by atoms with E-state index in [1.165, 1.54) is 0 Å². The Bertz CT molecular complexity index is 738. The molecule has 0 aliphatic heterocycles. The molecule has 1 aromatic carbocycles. The molecule has 0 bridgehead atoms. The molecule has 0 atom stereocenters. The number of fused-ring (bicyclic) bond motifs is 1. The summed E-state index contributed by atoms with van der Waals surface area (Å²) in [5, 5.41) is 13.4. The molecule has 3 aromatic rings. The van der Waals surface area contributed by atoms with Gasteiger partial charge in [-0.2, -0.15) is 5.26 Å². The maximum Gasteiger partial charge on any atom is 0.122 e. The molecule has 2 heterocycles. The van der Waals surface area contributed by atoms with E-state index in [9.17, 15) is 5.26 Å². The number of aromatic nitrogens is 2. The number of aromatic amines is 1. The molecule has 4 heteroatoms. The Hall–Kier alpha value is -2.80. The minimum absolute atomic E-state index is 0.586. The van der Waals surface area contributed by atoms with E-state index in [-0.39, 0.29) is 0 Å². The van der Waals surface area contributed by atoms with Gasteiger partial charge in [-0.15, -0.1) is 0 Å². The molecular formula is C15H12N4. The molecule has 3 rings (SSSR count). The summed E-state index contributed by atoms with van der Waals surface area (Å²) in [5.41, 5.74) is 2.54. The average Bonchev–Trinajstić information content (AvgIpc) is 2.83. The molecule has 2 aromatic heterocycles. The second kappa shape index (κ2) is 4.83. The fourth-order valence-electron chi connectivity index (χ4n) is 2.07. The topological polar surface area (TPSA) is 64.5 Å². The largest absolute Gasteiger partial charge is 0.365 e. The molecule has 2 N–H and O–H groups in total. The summed E-state index contributed by atoms with van der Waals surface area (Å²) in [6.45, 7) is 0.586. The van der Waals surface area contributed by atoms with Crippen molar-refractivity contribution in [3.05, 3.63) is 59.9 Å². The van der Waals surface area contributed by atoms with E-state index in [0.29, 0.717) is 12.1 Å². The van der Waals surface area contributed by atoms with Crippen LogP contribution in [0.3, 0.4) is 0 Å². The van der Waals surface area contributed by atoms with Crippen molar-refractivity contribution in [2.45, 2.75) is 6.54 Å². The van der Waals surface area contributed by atoms with E-state index in [1.54, 1.807) is 6.20 Å². The number of H-pyrrole nitrogens is 1. The van der Waals surface area contributed by atoms with Gasteiger partial charge in [0.2, 0.25) is 0 Å². The lowest BCUT2D eigenvalue weighted by Gasteiger charge is -2.03. The highest BCUT2D eigenvalue weighted by Crippen LogP contribution is 2.25. The Labute approximate surface area is 110 Å². The van der Waals surface area contributed by atoms with Crippen LogP contribution in [0.4, 0.5) is 5.82 Å². The number of benzene rings is 1. The summed E-state index contributed by atoms with van der Waals surface area (Å²) in [4.78, 5) is 7.47. The number of nitrogens with one attached hydrogen (secondary N) is 2. The van der Waals surface area contributed by atoms with Crippen LogP contribution in [-0.2, 0) is 6.54 Å². The van der Waals surface area contributed by atoms with Gasteiger partial charge >= 0.3 is 0 Å². The van der Waals surface area contributed by atoms with Crippen LogP contribution >= 0.6 is 0 Å². The molecule has 0 radical (unpaired) electrons. The third-order valence-electron chi connectivity index (χ3n) is 2.99. The normalized spacial score (nSPS) is 10.3. The Morgan fingerprint density at radius 3 is 2.79 bits per heavy atom. The van der Waals surface area contributed by atoms with Crippen LogP contribution in [0.1, 0.15) is 11.3 Å². The Kier molecular flexibility index (Phi) is 2.87. The molecule has 0 saturated heterocycles. The highest BCUT2D eigenvalue weighted by atomic mass is 15.0. The first-order valence-electron chi connectivity index (χ1n) is 6.03. The number of hydrogen-bond donors (Lipinski definition) is 2. The minimum atomic E-state index is 0.586. The van der Waals surface area contributed by atoms with E-state index in [1.807, 2.05) is 42.5 Å². The molecule has 0 aliphatic rings. The van der Waals surface area contributed by atoms with Crippen molar-refractivity contribution in [3.63, 3.8) is 0 Å². The van der Waals surface area contributed by atoms with E-state index < -0.39 is 0 Å². The fraction of sp³-hybridized carbons (Fsp3) is 0.0667. The third kappa shape index (κ3) is 2.14. The van der Waals surface area contributed by atoms with Crippen LogP contribution in [0.2, 0.25) is 0 Å². The zero-order valence-electron chi connectivity index (χ0n) is 10.2. The smallest absolute Gasteiger partial charge is 0.122 e. The van der Waals surface area contributed by atoms with Gasteiger partial charge in [-0.3, -0.25) is 4.98 Å². The highest BCUT2D eigenvalue weighted by Gasteiger charge is 2.10. The van der Waals surface area contributed by atoms with Crippen LogP contribution in [0.5, 0.6) is 0 Å². The van der Waals surface area contributed by atoms with Gasteiger partial charge in [0, 0.05) is 17.1 Å². The maximum atomic E-state index is 9.28. The monoisotopic (exact) mass is 248 g/mol. The maximum absolute atomic E-state index is 9.28. The van der Waals surface area contributed by atoms with Crippen LogP contribution in [0.25, 0.3) is 10.9 Å². The van der Waals surface area contributed by atoms with Gasteiger partial charge < -0.3 is 10.3 Å². The number of nitrogens with zero attached hydrogens (tertiary/aromatic N) is 2. The Balaban J connectivity index is 1.91. The molecule has 0 fully saturated rings. The Morgan fingerprint density at radius 2 is 2.00 bits per heavy atom. The van der Waals surface area contributed by atoms with E-state index >= 15 is 0 Å². The van der Waals surface area contributed by atoms with Crippen molar-refractivity contribution < 1.29 is 0 Å². The fourth-order valence-corrected chi connectivity index (χ4v) is 2.07. The molecule has 0 spiro atoms. The van der Waals surface area contributed by atoms with Gasteiger partial charge in [-0.05, 0) is 18.2 Å². The lowest BCUT2D eigenvalue weighted by atomic mass is 10.2. The van der Waals surface area contributed by atoms with Gasteiger partial charge in [0.25, 0.3) is 0 Å². The second-order valence-electron chi connectivity index (χ2n) is 4.21. The average molecular weight is 248 g/mol. The summed E-state index contributed by atoms with van der Waals surface area (Å²) in [6, 6.07) is 15.8. The van der Waals surface area contributed by atoms with Crippen molar-refractivity contribution in [1.29, 1.82) is 5.26 Å². The minimum Gasteiger partial charge on any atom is -0.365 e. The highest BCUT2D eigenvalue weighted by molar-refractivity contribution is 5.91. The molecular weight excluding hydrogens is 236 g/mol. The molecule has 0 amide bonds. The summed E-state index contributed by atoms with van der Waals surface area (Å²) in [5.74, 6) is 0.745. The number of hydrogen-bond acceptors (Lipinski definition) is 3. The standard InChI is InChI=1S/C15H12N4/c16-9-13-12-6-1-2-7-14(12)19-15(13)18-10-11-5-3-4-8-17-11/h1-8,18-19H,10H2. The quantitative estimate of drug-likeness (QED) is 0.748. The van der Waals surface area contributed by atoms with Gasteiger partial charge in [0.05, 0.1) is 12.2 Å². The molecule has 0 unspecified atom stereocenters. The lowest BCUT2D eigenvalue weighted by Crippen LogP contribution is -2.02. The lowest BCUT2D eigenvalue weighted by molar-refractivity contribution is 1.04. The number of para-hydroxylation sites is 1. The van der Waals surface area contributed by atoms with Crippen molar-refractivity contribution >= 4 is 16.7 Å². The summed E-state index contributed by atoms with van der Waals surface area (Å²) >= 11 is 0. The predicted octanol–water partition coefficient (Wildman–Crippen LogP) is 3.05. The van der Waals surface area contributed by atoms with Gasteiger partial charge in [0.15, 0.2) is 0 Å². The van der Waals surface area contributed by atoms with Gasteiger partial charge in [-0.25, -0.2) is 0 Å². The molecule has 92 valence electrons. The van der Waals surface area contributed by atoms with Gasteiger partial charge in [0.1, 0.15) is 17.5 Å². The van der Waals surface area contributed by atoms with Crippen LogP contribution < -0.4 is 5.32 Å². The van der Waals surface area contributed by atoms with E-state index in [2.05, 4.69) is 21.4 Å². The van der Waals surface area contributed by atoms with Crippen molar-refractivity contribution in [2.24, 2.45) is 0 Å². The number of anilines is 1. The zero-order chi connectivity index (χ0) is 13.1. The molecule has 0 saturated carbocycles. The van der Waals surface area contributed by atoms with Crippen molar-refractivity contribution in [1.82, 2.24) is 9.97 Å². The van der Waals surface area contributed by atoms with Crippen molar-refractivity contribution in [2.75, 3.05) is 5.32 Å². The first-order valence-corrected chi connectivity index (χ1v) is 6.03. The first kappa shape index (κ1) is 11.3. The van der Waals surface area contributed by atoms with E-state index in [4.69, 9.17) is 0 Å². The molecule has 19 heavy (non-hydrogen) atoms. The summed E-state index contributed by atoms with van der Waals surface area (Å²) in [7, 11) is 0. The SMILES string of the molecule is N#Cc1c(NCc2ccccn2)[nH]c2ccccc12. The zero-order valence-corrected chi connectivity index (χ0v) is 10.2. The van der Waals surface area contributed by atoms with Crippen molar-refractivity contribution in [3.8, 4) is 6.07 Å². The number of nitriles is 1. The summed E-state index contributed by atoms with van der Waals surface area (Å²) in [6.07, 6.45) is 1.76. The van der Waals surface area contributed by atoms with Crippen LogP contribution in [-0.4, -0.2) is 9.97 Å². The van der Waals surface area contributed by atoms with Crippen LogP contribution in [0, 0.1) is 11.3 Å².